The van der Waals surface area contributed by atoms with Gasteiger partial charge < -0.3 is 4.74 Å². The minimum atomic E-state index is -0.884. The van der Waals surface area contributed by atoms with Gasteiger partial charge in [0.25, 0.3) is 0 Å². The fourth-order valence-corrected chi connectivity index (χ4v) is 2.75. The van der Waals surface area contributed by atoms with Crippen LogP contribution in [-0.2, 0) is 10.3 Å². The molecule has 1 aliphatic heterocycles. The lowest BCUT2D eigenvalue weighted by atomic mass is 9.91. The average molecular weight is 385 g/mol. The molecule has 0 radical (unpaired) electrons. The molecule has 2 aromatic rings. The van der Waals surface area contributed by atoms with E-state index in [1.54, 1.807) is 6.07 Å². The van der Waals surface area contributed by atoms with E-state index in [-0.39, 0.29) is 5.78 Å². The lowest BCUT2D eigenvalue weighted by molar-refractivity contribution is 0.0871. The van der Waals surface area contributed by atoms with Crippen molar-refractivity contribution in [1.29, 1.82) is 0 Å². The molecule has 1 unspecified atom stereocenters. The molecular weight excluding hydrogens is 375 g/mol. The number of epoxide rings is 1. The van der Waals surface area contributed by atoms with E-state index in [0.717, 1.165) is 9.13 Å². The summed E-state index contributed by atoms with van der Waals surface area (Å²) in [6, 6.07) is 14.8. The molecule has 1 aliphatic rings. The third-order valence-corrected chi connectivity index (χ3v) is 4.26. The highest BCUT2D eigenvalue weighted by Crippen LogP contribution is 2.44. The standard InChI is InChI=1S/C15H10ClIO2/c16-13-4-2-1-3-12(13)15(9-19-15)14(18)10-5-7-11(17)8-6-10/h1-8H,9H2. The molecule has 0 aliphatic carbocycles. The normalized spacial score (nSPS) is 21.2. The van der Waals surface area contributed by atoms with E-state index in [2.05, 4.69) is 22.6 Å². The minimum Gasteiger partial charge on any atom is -0.356 e. The minimum absolute atomic E-state index is 0.0306. The molecule has 4 heteroatoms. The highest BCUT2D eigenvalue weighted by molar-refractivity contribution is 14.1. The average Bonchev–Trinajstić information content (AvgIpc) is 3.21. The van der Waals surface area contributed by atoms with Crippen molar-refractivity contribution in [2.45, 2.75) is 5.60 Å². The van der Waals surface area contributed by atoms with Crippen molar-refractivity contribution >= 4 is 40.0 Å². The van der Waals surface area contributed by atoms with Gasteiger partial charge in [-0.1, -0.05) is 41.9 Å². The Hall–Kier alpha value is -0.910. The van der Waals surface area contributed by atoms with Crippen molar-refractivity contribution in [2.24, 2.45) is 0 Å². The molecule has 0 bridgehead atoms. The summed E-state index contributed by atoms with van der Waals surface area (Å²) in [6.45, 7) is 0.390. The summed E-state index contributed by atoms with van der Waals surface area (Å²) >= 11 is 8.38. The number of carbonyl (C=O) groups is 1. The molecule has 19 heavy (non-hydrogen) atoms. The molecule has 1 fully saturated rings. The van der Waals surface area contributed by atoms with Crippen LogP contribution < -0.4 is 0 Å². The lowest BCUT2D eigenvalue weighted by Gasteiger charge is -2.13. The largest absolute Gasteiger partial charge is 0.356 e. The lowest BCUT2D eigenvalue weighted by Crippen LogP contribution is -2.22. The van der Waals surface area contributed by atoms with Crippen LogP contribution in [0.1, 0.15) is 15.9 Å². The van der Waals surface area contributed by atoms with Crippen LogP contribution in [0.3, 0.4) is 0 Å². The molecule has 1 atom stereocenters. The van der Waals surface area contributed by atoms with Crippen molar-refractivity contribution in [1.82, 2.24) is 0 Å². The molecular formula is C15H10ClIO2. The Morgan fingerprint density at radius 1 is 1.16 bits per heavy atom. The second kappa shape index (κ2) is 4.89. The van der Waals surface area contributed by atoms with Gasteiger partial charge in [0, 0.05) is 19.7 Å². The zero-order valence-corrected chi connectivity index (χ0v) is 12.8. The van der Waals surface area contributed by atoms with Crippen LogP contribution in [0.25, 0.3) is 0 Å². The summed E-state index contributed by atoms with van der Waals surface area (Å²) < 4.78 is 6.57. The third kappa shape index (κ3) is 2.30. The number of hydrogen-bond acceptors (Lipinski definition) is 2. The van der Waals surface area contributed by atoms with Crippen molar-refractivity contribution < 1.29 is 9.53 Å². The van der Waals surface area contributed by atoms with Crippen molar-refractivity contribution in [3.05, 3.63) is 68.3 Å². The second-order valence-electron chi connectivity index (χ2n) is 4.43. The molecule has 2 aromatic carbocycles. The summed E-state index contributed by atoms with van der Waals surface area (Å²) in [5.74, 6) is -0.0306. The van der Waals surface area contributed by atoms with Gasteiger partial charge in [0.15, 0.2) is 5.60 Å². The molecule has 1 heterocycles. The Morgan fingerprint density at radius 2 is 1.79 bits per heavy atom. The predicted octanol–water partition coefficient (Wildman–Crippen LogP) is 4.05. The Morgan fingerprint density at radius 3 is 2.37 bits per heavy atom. The van der Waals surface area contributed by atoms with E-state index in [1.165, 1.54) is 0 Å². The molecule has 0 saturated carbocycles. The van der Waals surface area contributed by atoms with Crippen LogP contribution in [0.2, 0.25) is 5.02 Å². The van der Waals surface area contributed by atoms with E-state index in [0.29, 0.717) is 17.2 Å². The first-order valence-corrected chi connectivity index (χ1v) is 7.28. The van der Waals surface area contributed by atoms with Gasteiger partial charge in [0.2, 0.25) is 5.78 Å². The zero-order chi connectivity index (χ0) is 13.5. The summed E-state index contributed by atoms with van der Waals surface area (Å²) in [6.07, 6.45) is 0. The smallest absolute Gasteiger partial charge is 0.201 e. The maximum absolute atomic E-state index is 12.6. The first-order chi connectivity index (χ1) is 9.13. The van der Waals surface area contributed by atoms with E-state index in [1.807, 2.05) is 42.5 Å². The van der Waals surface area contributed by atoms with Gasteiger partial charge in [-0.15, -0.1) is 0 Å². The first-order valence-electron chi connectivity index (χ1n) is 5.83. The molecule has 0 aromatic heterocycles. The zero-order valence-electron chi connectivity index (χ0n) is 9.90. The Bertz CT molecular complexity index is 633. The van der Waals surface area contributed by atoms with Crippen LogP contribution >= 0.6 is 34.2 Å². The maximum Gasteiger partial charge on any atom is 0.201 e. The van der Waals surface area contributed by atoms with Crippen molar-refractivity contribution in [2.75, 3.05) is 6.61 Å². The molecule has 2 nitrogen and oxygen atoms in total. The second-order valence-corrected chi connectivity index (χ2v) is 6.08. The molecule has 1 saturated heterocycles. The molecule has 3 rings (SSSR count). The topological polar surface area (TPSA) is 29.6 Å². The number of halogens is 2. The van der Waals surface area contributed by atoms with Crippen LogP contribution in [0, 0.1) is 3.57 Å². The summed E-state index contributed by atoms with van der Waals surface area (Å²) in [4.78, 5) is 12.6. The number of ether oxygens (including phenoxy) is 1. The quantitative estimate of drug-likeness (QED) is 0.454. The first kappa shape index (κ1) is 13.1. The summed E-state index contributed by atoms with van der Waals surface area (Å²) in [7, 11) is 0. The van der Waals surface area contributed by atoms with Gasteiger partial charge in [0.05, 0.1) is 6.61 Å². The fraction of sp³-hybridized carbons (Fsp3) is 0.133. The number of ketones is 1. The molecule has 96 valence electrons. The van der Waals surface area contributed by atoms with E-state index in [9.17, 15) is 4.79 Å². The number of rotatable bonds is 3. The molecule has 0 spiro atoms. The van der Waals surface area contributed by atoms with Gasteiger partial charge in [-0.25, -0.2) is 0 Å². The Labute approximate surface area is 129 Å². The Kier molecular flexibility index (Phi) is 3.37. The summed E-state index contributed by atoms with van der Waals surface area (Å²) in [5, 5.41) is 0.568. The predicted molar refractivity (Wildman–Crippen MR) is 82.6 cm³/mol. The SMILES string of the molecule is O=C(c1ccc(I)cc1)C1(c2ccccc2Cl)CO1. The molecule has 0 N–H and O–H groups in total. The highest BCUT2D eigenvalue weighted by atomic mass is 127. The van der Waals surface area contributed by atoms with Gasteiger partial charge in [-0.2, -0.15) is 0 Å². The van der Waals surface area contributed by atoms with E-state index in [4.69, 9.17) is 16.3 Å². The fourth-order valence-electron chi connectivity index (χ4n) is 2.10. The van der Waals surface area contributed by atoms with E-state index >= 15 is 0 Å². The van der Waals surface area contributed by atoms with Gasteiger partial charge in [-0.05, 0) is 40.8 Å². The van der Waals surface area contributed by atoms with E-state index < -0.39 is 5.60 Å². The van der Waals surface area contributed by atoms with Crippen LogP contribution in [0.5, 0.6) is 0 Å². The molecule has 0 amide bonds. The van der Waals surface area contributed by atoms with Gasteiger partial charge >= 0.3 is 0 Å². The monoisotopic (exact) mass is 384 g/mol. The van der Waals surface area contributed by atoms with Crippen LogP contribution in [0.4, 0.5) is 0 Å². The number of benzene rings is 2. The van der Waals surface area contributed by atoms with Crippen LogP contribution in [-0.4, -0.2) is 12.4 Å². The number of Topliss-reactive ketones (excluding diaryl/α,β-unsaturated/α-hetero) is 1. The summed E-state index contributed by atoms with van der Waals surface area (Å²) in [5.41, 5.74) is 0.517. The van der Waals surface area contributed by atoms with Crippen LogP contribution in [0.15, 0.2) is 48.5 Å². The highest BCUT2D eigenvalue weighted by Gasteiger charge is 2.54. The maximum atomic E-state index is 12.6. The van der Waals surface area contributed by atoms with Gasteiger partial charge in [0.1, 0.15) is 0 Å². The van der Waals surface area contributed by atoms with Crippen molar-refractivity contribution in [3.8, 4) is 0 Å². The Balaban J connectivity index is 2.00. The van der Waals surface area contributed by atoms with Crippen molar-refractivity contribution in [3.63, 3.8) is 0 Å². The number of hydrogen-bond donors (Lipinski definition) is 0. The number of carbonyl (C=O) groups excluding carboxylic acids is 1. The third-order valence-electron chi connectivity index (χ3n) is 3.22. The van der Waals surface area contributed by atoms with Gasteiger partial charge in [-0.3, -0.25) is 4.79 Å².